The second kappa shape index (κ2) is 12.9. The summed E-state index contributed by atoms with van der Waals surface area (Å²) in [5.74, 6) is 0.657. The monoisotopic (exact) mass is 333 g/mol. The first-order valence-electron chi connectivity index (χ1n) is 9.77. The molecule has 2 N–H and O–H groups in total. The van der Waals surface area contributed by atoms with Crippen LogP contribution >= 0.6 is 0 Å². The van der Waals surface area contributed by atoms with Crippen LogP contribution in [0.4, 0.5) is 4.79 Å². The van der Waals surface area contributed by atoms with Crippen LogP contribution in [0.2, 0.25) is 0 Å². The molecule has 1 amide bonds. The molecule has 1 aromatic carbocycles. The molecule has 0 radical (unpaired) electrons. The van der Waals surface area contributed by atoms with Crippen LogP contribution in [0.15, 0.2) is 18.2 Å². The van der Waals surface area contributed by atoms with E-state index in [4.69, 9.17) is 10.5 Å². The van der Waals surface area contributed by atoms with Gasteiger partial charge in [0.1, 0.15) is 5.75 Å². The third kappa shape index (κ3) is 8.37. The zero-order valence-electron chi connectivity index (χ0n) is 15.6. The SMILES string of the molecule is CCCCCCCc1cccc(OC(N)=O)c1CCCCCCC. The molecule has 1 rings (SSSR count). The highest BCUT2D eigenvalue weighted by Crippen LogP contribution is 2.26. The van der Waals surface area contributed by atoms with Crippen molar-refractivity contribution in [3.63, 3.8) is 0 Å². The van der Waals surface area contributed by atoms with Gasteiger partial charge in [-0.1, -0.05) is 77.3 Å². The molecule has 0 aliphatic rings. The van der Waals surface area contributed by atoms with Gasteiger partial charge in [0.25, 0.3) is 0 Å². The molecule has 3 heteroatoms. The maximum atomic E-state index is 11.2. The Morgan fingerprint density at radius 2 is 1.46 bits per heavy atom. The first-order chi connectivity index (χ1) is 11.7. The molecule has 0 aliphatic carbocycles. The van der Waals surface area contributed by atoms with Crippen molar-refractivity contribution in [2.45, 2.75) is 90.9 Å². The molecule has 0 atom stereocenters. The lowest BCUT2D eigenvalue weighted by Crippen LogP contribution is -2.17. The summed E-state index contributed by atoms with van der Waals surface area (Å²) in [6.45, 7) is 4.47. The predicted octanol–water partition coefficient (Wildman–Crippen LogP) is 6.17. The first-order valence-corrected chi connectivity index (χ1v) is 9.77. The number of primary amides is 1. The predicted molar refractivity (Wildman–Crippen MR) is 102 cm³/mol. The van der Waals surface area contributed by atoms with Gasteiger partial charge in [0.05, 0.1) is 0 Å². The van der Waals surface area contributed by atoms with Crippen LogP contribution in [-0.4, -0.2) is 6.09 Å². The summed E-state index contributed by atoms with van der Waals surface area (Å²) in [5.41, 5.74) is 7.74. The molecule has 0 bridgehead atoms. The Kier molecular flexibility index (Phi) is 11.0. The van der Waals surface area contributed by atoms with E-state index in [2.05, 4.69) is 19.9 Å². The van der Waals surface area contributed by atoms with Gasteiger partial charge in [-0.05, 0) is 42.9 Å². The van der Waals surface area contributed by atoms with E-state index >= 15 is 0 Å². The number of unbranched alkanes of at least 4 members (excludes halogenated alkanes) is 8. The number of nitrogens with two attached hydrogens (primary N) is 1. The van der Waals surface area contributed by atoms with Crippen LogP contribution in [0.25, 0.3) is 0 Å². The van der Waals surface area contributed by atoms with Gasteiger partial charge < -0.3 is 10.5 Å². The van der Waals surface area contributed by atoms with E-state index < -0.39 is 6.09 Å². The normalized spacial score (nSPS) is 10.8. The molecule has 0 aromatic heterocycles. The first kappa shape index (κ1) is 20.5. The standard InChI is InChI=1S/C21H35NO2/c1-3-5-7-9-11-14-18-15-13-17-20(24-21(22)23)19(18)16-12-10-8-6-4-2/h13,15,17H,3-12,14,16H2,1-2H3,(H2,22,23). The molecule has 0 unspecified atom stereocenters. The highest BCUT2D eigenvalue weighted by Gasteiger charge is 2.11. The van der Waals surface area contributed by atoms with Crippen molar-refractivity contribution >= 4 is 6.09 Å². The van der Waals surface area contributed by atoms with E-state index in [1.54, 1.807) is 0 Å². The minimum atomic E-state index is -0.720. The fraction of sp³-hybridized carbons (Fsp3) is 0.667. The van der Waals surface area contributed by atoms with E-state index in [0.717, 1.165) is 19.3 Å². The molecule has 0 aliphatic heterocycles. The molecule has 0 heterocycles. The number of carbonyl (C=O) groups is 1. The van der Waals surface area contributed by atoms with Gasteiger partial charge in [-0.15, -0.1) is 0 Å². The van der Waals surface area contributed by atoms with Crippen molar-refractivity contribution in [2.24, 2.45) is 5.73 Å². The number of aryl methyl sites for hydroxylation is 1. The lowest BCUT2D eigenvalue weighted by molar-refractivity contribution is 0.210. The van der Waals surface area contributed by atoms with E-state index in [9.17, 15) is 4.79 Å². The minimum Gasteiger partial charge on any atom is -0.410 e. The molecular formula is C21H35NO2. The van der Waals surface area contributed by atoms with Crippen molar-refractivity contribution in [3.8, 4) is 5.75 Å². The van der Waals surface area contributed by atoms with Crippen LogP contribution in [0.5, 0.6) is 5.75 Å². The molecule has 0 fully saturated rings. The molecular weight excluding hydrogens is 298 g/mol. The lowest BCUT2D eigenvalue weighted by Gasteiger charge is -2.14. The zero-order valence-corrected chi connectivity index (χ0v) is 15.6. The third-order valence-corrected chi connectivity index (χ3v) is 4.52. The van der Waals surface area contributed by atoms with Crippen molar-refractivity contribution < 1.29 is 9.53 Å². The Morgan fingerprint density at radius 3 is 2.04 bits per heavy atom. The average Bonchev–Trinajstić information content (AvgIpc) is 2.55. The van der Waals surface area contributed by atoms with Gasteiger partial charge in [0.15, 0.2) is 0 Å². The highest BCUT2D eigenvalue weighted by atomic mass is 16.5. The highest BCUT2D eigenvalue weighted by molar-refractivity contribution is 5.68. The topological polar surface area (TPSA) is 52.3 Å². The van der Waals surface area contributed by atoms with Gasteiger partial charge in [-0.2, -0.15) is 0 Å². The van der Waals surface area contributed by atoms with Crippen LogP contribution in [0.1, 0.15) is 89.2 Å². The molecule has 3 nitrogen and oxygen atoms in total. The Hall–Kier alpha value is -1.51. The Bertz CT molecular complexity index is 471. The van der Waals surface area contributed by atoms with E-state index in [1.165, 1.54) is 68.9 Å². The third-order valence-electron chi connectivity index (χ3n) is 4.52. The fourth-order valence-corrected chi connectivity index (χ4v) is 3.16. The Balaban J connectivity index is 2.66. The van der Waals surface area contributed by atoms with Crippen LogP contribution in [0.3, 0.4) is 0 Å². The van der Waals surface area contributed by atoms with Gasteiger partial charge >= 0.3 is 6.09 Å². The average molecular weight is 334 g/mol. The summed E-state index contributed by atoms with van der Waals surface area (Å²) >= 11 is 0. The fourth-order valence-electron chi connectivity index (χ4n) is 3.16. The Labute approximate surface area is 148 Å². The van der Waals surface area contributed by atoms with Crippen molar-refractivity contribution in [3.05, 3.63) is 29.3 Å². The summed E-state index contributed by atoms with van der Waals surface area (Å²) in [4.78, 5) is 11.2. The number of amides is 1. The molecule has 24 heavy (non-hydrogen) atoms. The number of rotatable bonds is 13. The number of hydrogen-bond acceptors (Lipinski definition) is 2. The molecule has 0 saturated carbocycles. The lowest BCUT2D eigenvalue weighted by atomic mass is 9.95. The molecule has 136 valence electrons. The van der Waals surface area contributed by atoms with Crippen molar-refractivity contribution in [1.82, 2.24) is 0 Å². The Morgan fingerprint density at radius 1 is 0.875 bits per heavy atom. The quantitative estimate of drug-likeness (QED) is 0.439. The largest absolute Gasteiger partial charge is 0.410 e. The van der Waals surface area contributed by atoms with Gasteiger partial charge in [0, 0.05) is 0 Å². The van der Waals surface area contributed by atoms with E-state index in [0.29, 0.717) is 5.75 Å². The van der Waals surface area contributed by atoms with Crippen LogP contribution in [-0.2, 0) is 12.8 Å². The van der Waals surface area contributed by atoms with Gasteiger partial charge in [0.2, 0.25) is 0 Å². The minimum absolute atomic E-state index is 0.657. The van der Waals surface area contributed by atoms with Gasteiger partial charge in [-0.3, -0.25) is 0 Å². The number of hydrogen-bond donors (Lipinski definition) is 1. The molecule has 0 spiro atoms. The molecule has 0 saturated heterocycles. The summed E-state index contributed by atoms with van der Waals surface area (Å²) in [7, 11) is 0. The zero-order chi connectivity index (χ0) is 17.6. The summed E-state index contributed by atoms with van der Waals surface area (Å²) in [5, 5.41) is 0. The second-order valence-corrected chi connectivity index (χ2v) is 6.64. The van der Waals surface area contributed by atoms with Crippen LogP contribution in [0, 0.1) is 0 Å². The van der Waals surface area contributed by atoms with E-state index in [1.807, 2.05) is 12.1 Å². The summed E-state index contributed by atoms with van der Waals surface area (Å²) in [6.07, 6.45) is 13.9. The van der Waals surface area contributed by atoms with Crippen molar-refractivity contribution in [1.29, 1.82) is 0 Å². The number of carbonyl (C=O) groups excluding carboxylic acids is 1. The van der Waals surface area contributed by atoms with Crippen molar-refractivity contribution in [2.75, 3.05) is 0 Å². The maximum Gasteiger partial charge on any atom is 0.409 e. The van der Waals surface area contributed by atoms with Crippen LogP contribution < -0.4 is 10.5 Å². The maximum absolute atomic E-state index is 11.2. The summed E-state index contributed by atoms with van der Waals surface area (Å²) < 4.78 is 5.25. The molecule has 1 aromatic rings. The number of ether oxygens (including phenoxy) is 1. The smallest absolute Gasteiger partial charge is 0.409 e. The van der Waals surface area contributed by atoms with E-state index in [-0.39, 0.29) is 0 Å². The summed E-state index contributed by atoms with van der Waals surface area (Å²) in [6, 6.07) is 6.02. The second-order valence-electron chi connectivity index (χ2n) is 6.64. The van der Waals surface area contributed by atoms with Gasteiger partial charge in [-0.25, -0.2) is 4.79 Å². The number of benzene rings is 1.